The summed E-state index contributed by atoms with van der Waals surface area (Å²) in [7, 11) is 0. The second-order valence-corrected chi connectivity index (χ2v) is 4.28. The quantitative estimate of drug-likeness (QED) is 0.644. The molecule has 0 atom stereocenters. The Morgan fingerprint density at radius 2 is 2.08 bits per heavy atom. The van der Waals surface area contributed by atoms with Crippen LogP contribution in [0.1, 0.15) is 33.6 Å². The van der Waals surface area contributed by atoms with E-state index in [9.17, 15) is 0 Å². The standard InChI is InChI=1S/C10H20N2S/c1-4-6-11-7-5-8-12(9(2)3)10(11)13/h9H,4-8H2,1-3H3. The minimum absolute atomic E-state index is 0.548. The van der Waals surface area contributed by atoms with E-state index < -0.39 is 0 Å². The summed E-state index contributed by atoms with van der Waals surface area (Å²) >= 11 is 5.44. The van der Waals surface area contributed by atoms with Crippen molar-refractivity contribution >= 4 is 17.3 Å². The van der Waals surface area contributed by atoms with Gasteiger partial charge in [0.05, 0.1) is 0 Å². The van der Waals surface area contributed by atoms with Gasteiger partial charge >= 0.3 is 0 Å². The fourth-order valence-corrected chi connectivity index (χ4v) is 2.25. The third-order valence-electron chi connectivity index (χ3n) is 2.46. The van der Waals surface area contributed by atoms with E-state index in [1.165, 1.54) is 12.8 Å². The lowest BCUT2D eigenvalue weighted by atomic mass is 10.2. The highest BCUT2D eigenvalue weighted by atomic mass is 32.1. The van der Waals surface area contributed by atoms with Gasteiger partial charge in [-0.1, -0.05) is 6.92 Å². The summed E-state index contributed by atoms with van der Waals surface area (Å²) in [6.07, 6.45) is 2.43. The van der Waals surface area contributed by atoms with Gasteiger partial charge in [-0.15, -0.1) is 0 Å². The average Bonchev–Trinajstić information content (AvgIpc) is 2.08. The Kier molecular flexibility index (Phi) is 3.97. The molecule has 1 fully saturated rings. The molecule has 0 aromatic carbocycles. The lowest BCUT2D eigenvalue weighted by Crippen LogP contribution is -2.51. The highest BCUT2D eigenvalue weighted by Crippen LogP contribution is 2.12. The van der Waals surface area contributed by atoms with Crippen LogP contribution in [0, 0.1) is 0 Å². The first-order valence-electron chi connectivity index (χ1n) is 5.22. The molecule has 3 heteroatoms. The van der Waals surface area contributed by atoms with Crippen LogP contribution in [0.4, 0.5) is 0 Å². The van der Waals surface area contributed by atoms with Crippen LogP contribution in [0.2, 0.25) is 0 Å². The predicted octanol–water partition coefficient (Wildman–Crippen LogP) is 2.10. The molecule has 1 saturated heterocycles. The molecule has 0 aliphatic carbocycles. The fourth-order valence-electron chi connectivity index (χ4n) is 1.76. The third-order valence-corrected chi connectivity index (χ3v) is 2.95. The van der Waals surface area contributed by atoms with E-state index in [0.717, 1.165) is 24.7 Å². The van der Waals surface area contributed by atoms with Crippen LogP contribution >= 0.6 is 12.2 Å². The summed E-state index contributed by atoms with van der Waals surface area (Å²) in [4.78, 5) is 4.66. The molecule has 0 spiro atoms. The van der Waals surface area contributed by atoms with Gasteiger partial charge in [-0.25, -0.2) is 0 Å². The summed E-state index contributed by atoms with van der Waals surface area (Å²) in [5, 5.41) is 1.06. The molecule has 1 aliphatic rings. The average molecular weight is 200 g/mol. The van der Waals surface area contributed by atoms with Crippen molar-refractivity contribution in [2.45, 2.75) is 39.7 Å². The lowest BCUT2D eigenvalue weighted by molar-refractivity contribution is 0.236. The number of hydrogen-bond donors (Lipinski definition) is 0. The third kappa shape index (κ3) is 2.56. The monoisotopic (exact) mass is 200 g/mol. The fraction of sp³-hybridized carbons (Fsp3) is 0.900. The van der Waals surface area contributed by atoms with Crippen molar-refractivity contribution in [1.29, 1.82) is 0 Å². The van der Waals surface area contributed by atoms with Crippen LogP contribution in [0.3, 0.4) is 0 Å². The smallest absolute Gasteiger partial charge is 0.171 e. The molecule has 0 aromatic rings. The van der Waals surface area contributed by atoms with Gasteiger partial charge in [-0.3, -0.25) is 0 Å². The maximum Gasteiger partial charge on any atom is 0.171 e. The second kappa shape index (κ2) is 4.80. The maximum atomic E-state index is 5.44. The second-order valence-electron chi connectivity index (χ2n) is 3.91. The largest absolute Gasteiger partial charge is 0.349 e. The van der Waals surface area contributed by atoms with E-state index >= 15 is 0 Å². The minimum atomic E-state index is 0.548. The maximum absolute atomic E-state index is 5.44. The number of hydrogen-bond acceptors (Lipinski definition) is 1. The highest BCUT2D eigenvalue weighted by Gasteiger charge is 2.22. The van der Waals surface area contributed by atoms with E-state index in [4.69, 9.17) is 12.2 Å². The summed E-state index contributed by atoms with van der Waals surface area (Å²) in [6.45, 7) is 10.0. The normalized spacial score (nSPS) is 18.6. The minimum Gasteiger partial charge on any atom is -0.349 e. The Morgan fingerprint density at radius 1 is 1.38 bits per heavy atom. The molecule has 0 saturated carbocycles. The Bertz CT molecular complexity index is 178. The van der Waals surface area contributed by atoms with Crippen LogP contribution in [-0.2, 0) is 0 Å². The summed E-state index contributed by atoms with van der Waals surface area (Å²) in [5.74, 6) is 0. The number of nitrogens with zero attached hydrogens (tertiary/aromatic N) is 2. The molecule has 0 aromatic heterocycles. The predicted molar refractivity (Wildman–Crippen MR) is 60.9 cm³/mol. The van der Waals surface area contributed by atoms with Crippen molar-refractivity contribution in [3.63, 3.8) is 0 Å². The molecule has 0 unspecified atom stereocenters. The zero-order chi connectivity index (χ0) is 9.84. The van der Waals surface area contributed by atoms with E-state index in [1.54, 1.807) is 0 Å². The van der Waals surface area contributed by atoms with Gasteiger partial charge in [0.1, 0.15) is 0 Å². The summed E-state index contributed by atoms with van der Waals surface area (Å²) < 4.78 is 0. The van der Waals surface area contributed by atoms with Crippen LogP contribution in [0.5, 0.6) is 0 Å². The Morgan fingerprint density at radius 3 is 2.62 bits per heavy atom. The van der Waals surface area contributed by atoms with Gasteiger partial charge < -0.3 is 9.80 Å². The molecular formula is C10H20N2S. The Hall–Kier alpha value is -0.310. The zero-order valence-corrected chi connectivity index (χ0v) is 9.73. The molecule has 0 N–H and O–H groups in total. The molecule has 1 rings (SSSR count). The Labute approximate surface area is 86.9 Å². The lowest BCUT2D eigenvalue weighted by Gasteiger charge is -2.40. The molecule has 1 heterocycles. The van der Waals surface area contributed by atoms with Gasteiger partial charge in [0.15, 0.2) is 5.11 Å². The Balaban J connectivity index is 2.55. The van der Waals surface area contributed by atoms with Crippen molar-refractivity contribution in [2.75, 3.05) is 19.6 Å². The van der Waals surface area contributed by atoms with E-state index in [2.05, 4.69) is 30.6 Å². The van der Waals surface area contributed by atoms with Crippen LogP contribution in [0.25, 0.3) is 0 Å². The van der Waals surface area contributed by atoms with Gasteiger partial charge in [-0.05, 0) is 38.9 Å². The molecule has 76 valence electrons. The van der Waals surface area contributed by atoms with Crippen molar-refractivity contribution in [2.24, 2.45) is 0 Å². The number of rotatable bonds is 3. The van der Waals surface area contributed by atoms with Crippen molar-refractivity contribution in [1.82, 2.24) is 9.80 Å². The SMILES string of the molecule is CCCN1CCCN(C(C)C)C1=S. The molecule has 13 heavy (non-hydrogen) atoms. The van der Waals surface area contributed by atoms with Crippen molar-refractivity contribution < 1.29 is 0 Å². The van der Waals surface area contributed by atoms with Gasteiger partial charge in [0, 0.05) is 25.7 Å². The van der Waals surface area contributed by atoms with Crippen LogP contribution in [-0.4, -0.2) is 40.6 Å². The first kappa shape index (κ1) is 10.8. The molecule has 0 bridgehead atoms. The van der Waals surface area contributed by atoms with Crippen LogP contribution < -0.4 is 0 Å². The topological polar surface area (TPSA) is 6.48 Å². The zero-order valence-electron chi connectivity index (χ0n) is 8.92. The first-order valence-corrected chi connectivity index (χ1v) is 5.63. The molecule has 0 radical (unpaired) electrons. The van der Waals surface area contributed by atoms with Gasteiger partial charge in [-0.2, -0.15) is 0 Å². The van der Waals surface area contributed by atoms with Gasteiger partial charge in [0.25, 0.3) is 0 Å². The first-order chi connectivity index (χ1) is 6.16. The molecular weight excluding hydrogens is 180 g/mol. The van der Waals surface area contributed by atoms with Crippen molar-refractivity contribution in [3.8, 4) is 0 Å². The van der Waals surface area contributed by atoms with E-state index in [-0.39, 0.29) is 0 Å². The summed E-state index contributed by atoms with van der Waals surface area (Å²) in [6, 6.07) is 0.548. The highest BCUT2D eigenvalue weighted by molar-refractivity contribution is 7.80. The van der Waals surface area contributed by atoms with E-state index in [0.29, 0.717) is 6.04 Å². The molecule has 2 nitrogen and oxygen atoms in total. The molecule has 1 aliphatic heterocycles. The number of thiocarbonyl (C=S) groups is 1. The van der Waals surface area contributed by atoms with Crippen molar-refractivity contribution in [3.05, 3.63) is 0 Å². The van der Waals surface area contributed by atoms with Crippen LogP contribution in [0.15, 0.2) is 0 Å². The molecule has 0 amide bonds. The summed E-state index contributed by atoms with van der Waals surface area (Å²) in [5.41, 5.74) is 0. The van der Waals surface area contributed by atoms with E-state index in [1.807, 2.05) is 0 Å². The van der Waals surface area contributed by atoms with Gasteiger partial charge in [0.2, 0.25) is 0 Å².